The Labute approximate surface area is 181 Å². The van der Waals surface area contributed by atoms with Crippen molar-refractivity contribution in [1.82, 2.24) is 14.3 Å². The molecule has 1 saturated heterocycles. The first-order valence-corrected chi connectivity index (χ1v) is 11.8. The molecule has 0 bridgehead atoms. The van der Waals surface area contributed by atoms with Gasteiger partial charge in [0.25, 0.3) is 0 Å². The van der Waals surface area contributed by atoms with Gasteiger partial charge in [0.2, 0.25) is 11.2 Å². The van der Waals surface area contributed by atoms with Crippen LogP contribution in [0.25, 0.3) is 0 Å². The summed E-state index contributed by atoms with van der Waals surface area (Å²) in [7, 11) is -1.01. The average molecular weight is 450 g/mol. The molecule has 5 rings (SSSR count). The normalized spacial score (nSPS) is 21.2. The highest BCUT2D eigenvalue weighted by Gasteiger charge is 2.59. The van der Waals surface area contributed by atoms with Gasteiger partial charge in [-0.15, -0.1) is 0 Å². The third kappa shape index (κ3) is 3.19. The largest absolute Gasteiger partial charge is 0.354 e. The zero-order valence-corrected chi connectivity index (χ0v) is 18.0. The maximum absolute atomic E-state index is 14.0. The number of amides is 1. The topological polar surface area (TPSA) is 69.6 Å². The van der Waals surface area contributed by atoms with Crippen LogP contribution in [0, 0.1) is 5.82 Å². The summed E-state index contributed by atoms with van der Waals surface area (Å²) < 4.78 is 27.6. The van der Waals surface area contributed by atoms with Crippen LogP contribution in [-0.2, 0) is 27.7 Å². The maximum atomic E-state index is 14.0. The van der Waals surface area contributed by atoms with E-state index in [9.17, 15) is 13.4 Å². The molecule has 1 aromatic carbocycles. The van der Waals surface area contributed by atoms with Crippen LogP contribution in [0.3, 0.4) is 0 Å². The summed E-state index contributed by atoms with van der Waals surface area (Å²) in [4.78, 5) is 25.5. The Morgan fingerprint density at radius 2 is 1.97 bits per heavy atom. The molecule has 1 amide bonds. The van der Waals surface area contributed by atoms with E-state index in [4.69, 9.17) is 11.6 Å². The standard InChI is InChI=1S/C20H21ClFN5O2S/c1-30(29)26-8-6-25(7-9-26)17-13(11-23-19(21)24-17)12-27-16-10-14(22)2-3-15(16)20(4-5-20)18(27)28/h2-3,10-11H,4-9,12H2,1H3. The van der Waals surface area contributed by atoms with E-state index in [1.54, 1.807) is 23.4 Å². The Morgan fingerprint density at radius 3 is 2.63 bits per heavy atom. The predicted molar refractivity (Wildman–Crippen MR) is 113 cm³/mol. The van der Waals surface area contributed by atoms with Crippen LogP contribution in [0.15, 0.2) is 24.4 Å². The monoisotopic (exact) mass is 449 g/mol. The quantitative estimate of drug-likeness (QED) is 0.670. The highest BCUT2D eigenvalue weighted by molar-refractivity contribution is 7.81. The Bertz CT molecular complexity index is 1060. The van der Waals surface area contributed by atoms with Gasteiger partial charge in [-0.25, -0.2) is 22.9 Å². The van der Waals surface area contributed by atoms with Crippen molar-refractivity contribution in [2.75, 3.05) is 42.2 Å². The second-order valence-electron chi connectivity index (χ2n) is 7.96. The number of hydrogen-bond acceptors (Lipinski definition) is 5. The summed E-state index contributed by atoms with van der Waals surface area (Å²) in [5.41, 5.74) is 1.80. The van der Waals surface area contributed by atoms with Crippen molar-refractivity contribution in [3.63, 3.8) is 0 Å². The molecule has 0 radical (unpaired) electrons. The van der Waals surface area contributed by atoms with Crippen LogP contribution in [0.1, 0.15) is 24.0 Å². The Hall–Kier alpha value is -2.10. The minimum absolute atomic E-state index is 0.00944. The molecule has 1 aromatic heterocycles. The smallest absolute Gasteiger partial charge is 0.238 e. The van der Waals surface area contributed by atoms with E-state index in [1.165, 1.54) is 12.1 Å². The summed E-state index contributed by atoms with van der Waals surface area (Å²) in [6.07, 6.45) is 4.90. The summed E-state index contributed by atoms with van der Waals surface area (Å²) in [5.74, 6) is 0.315. The molecule has 1 atom stereocenters. The molecule has 1 spiro atoms. The van der Waals surface area contributed by atoms with Crippen LogP contribution in [0.4, 0.5) is 15.9 Å². The first-order valence-electron chi connectivity index (χ1n) is 9.86. The highest BCUT2D eigenvalue weighted by Crippen LogP contribution is 2.57. The number of benzene rings is 1. The molecular formula is C20H21ClFN5O2S. The molecule has 0 N–H and O–H groups in total. The molecule has 2 aliphatic heterocycles. The summed E-state index contributed by atoms with van der Waals surface area (Å²) in [6, 6.07) is 4.59. The Balaban J connectivity index is 1.46. The average Bonchev–Trinajstić information content (AvgIpc) is 3.50. The molecule has 1 aliphatic carbocycles. The zero-order valence-electron chi connectivity index (χ0n) is 16.5. The fraction of sp³-hybridized carbons (Fsp3) is 0.450. The zero-order chi connectivity index (χ0) is 21.0. The fourth-order valence-corrected chi connectivity index (χ4v) is 5.28. The lowest BCUT2D eigenvalue weighted by molar-refractivity contribution is -0.120. The van der Waals surface area contributed by atoms with Crippen LogP contribution in [-0.4, -0.2) is 56.8 Å². The number of carbonyl (C=O) groups is 1. The van der Waals surface area contributed by atoms with Crippen molar-refractivity contribution in [1.29, 1.82) is 0 Å². The number of nitrogens with zero attached hydrogens (tertiary/aromatic N) is 5. The van der Waals surface area contributed by atoms with E-state index in [0.29, 0.717) is 37.7 Å². The Morgan fingerprint density at radius 1 is 1.23 bits per heavy atom. The molecular weight excluding hydrogens is 429 g/mol. The number of aromatic nitrogens is 2. The van der Waals surface area contributed by atoms with Crippen molar-refractivity contribution in [3.8, 4) is 0 Å². The van der Waals surface area contributed by atoms with E-state index in [-0.39, 0.29) is 23.6 Å². The van der Waals surface area contributed by atoms with E-state index in [0.717, 1.165) is 24.0 Å². The number of hydrogen-bond donors (Lipinski definition) is 0. The van der Waals surface area contributed by atoms with Crippen LogP contribution < -0.4 is 9.80 Å². The van der Waals surface area contributed by atoms with Crippen molar-refractivity contribution in [2.24, 2.45) is 0 Å². The van der Waals surface area contributed by atoms with Gasteiger partial charge in [0.1, 0.15) is 11.6 Å². The number of halogens is 2. The molecule has 158 valence electrons. The van der Waals surface area contributed by atoms with Gasteiger partial charge >= 0.3 is 0 Å². The van der Waals surface area contributed by atoms with E-state index < -0.39 is 16.4 Å². The lowest BCUT2D eigenvalue weighted by atomic mass is 9.98. The number of fused-ring (bicyclic) bond motifs is 2. The first-order chi connectivity index (χ1) is 14.4. The summed E-state index contributed by atoms with van der Waals surface area (Å²) in [6.45, 7) is 2.82. The van der Waals surface area contributed by atoms with Crippen molar-refractivity contribution < 1.29 is 13.4 Å². The van der Waals surface area contributed by atoms with Gasteiger partial charge in [-0.2, -0.15) is 0 Å². The van der Waals surface area contributed by atoms with E-state index >= 15 is 0 Å². The molecule has 3 heterocycles. The van der Waals surface area contributed by atoms with E-state index in [2.05, 4.69) is 14.9 Å². The molecule has 30 heavy (non-hydrogen) atoms. The predicted octanol–water partition coefficient (Wildman–Crippen LogP) is 2.26. The first kappa shape index (κ1) is 19.8. The third-order valence-electron chi connectivity index (χ3n) is 6.21. The third-order valence-corrected chi connectivity index (χ3v) is 7.49. The second kappa shape index (κ2) is 7.25. The van der Waals surface area contributed by atoms with Crippen molar-refractivity contribution >= 4 is 40.0 Å². The lowest BCUT2D eigenvalue weighted by Gasteiger charge is -2.35. The van der Waals surface area contributed by atoms with Gasteiger partial charge in [0.05, 0.1) is 28.6 Å². The van der Waals surface area contributed by atoms with Crippen LogP contribution >= 0.6 is 11.6 Å². The molecule has 1 saturated carbocycles. The lowest BCUT2D eigenvalue weighted by Crippen LogP contribution is -2.47. The molecule has 3 aliphatic rings. The number of carbonyl (C=O) groups excluding carboxylic acids is 1. The van der Waals surface area contributed by atoms with Gasteiger partial charge in [0.15, 0.2) is 0 Å². The van der Waals surface area contributed by atoms with Gasteiger partial charge in [-0.1, -0.05) is 6.07 Å². The molecule has 7 nitrogen and oxygen atoms in total. The van der Waals surface area contributed by atoms with Crippen LogP contribution in [0.2, 0.25) is 5.28 Å². The fourth-order valence-electron chi connectivity index (χ4n) is 4.47. The number of piperazine rings is 1. The van der Waals surface area contributed by atoms with Crippen molar-refractivity contribution in [2.45, 2.75) is 24.8 Å². The van der Waals surface area contributed by atoms with Gasteiger partial charge < -0.3 is 9.80 Å². The minimum Gasteiger partial charge on any atom is -0.354 e. The molecule has 2 fully saturated rings. The molecule has 1 unspecified atom stereocenters. The maximum Gasteiger partial charge on any atom is 0.238 e. The van der Waals surface area contributed by atoms with Crippen molar-refractivity contribution in [3.05, 3.63) is 46.6 Å². The summed E-state index contributed by atoms with van der Waals surface area (Å²) >= 11 is 6.08. The summed E-state index contributed by atoms with van der Waals surface area (Å²) in [5, 5.41) is 0.133. The van der Waals surface area contributed by atoms with Gasteiger partial charge in [-0.3, -0.25) is 4.79 Å². The number of anilines is 2. The van der Waals surface area contributed by atoms with E-state index in [1.807, 2.05) is 4.31 Å². The Kier molecular flexibility index (Phi) is 4.79. The SMILES string of the molecule is CS(=O)N1CCN(c2nc(Cl)ncc2CN2C(=O)C3(CC3)c3ccc(F)cc32)CC1. The highest BCUT2D eigenvalue weighted by atomic mass is 35.5. The van der Waals surface area contributed by atoms with Gasteiger partial charge in [-0.05, 0) is 42.1 Å². The minimum atomic E-state index is -1.01. The number of rotatable bonds is 4. The second-order valence-corrected chi connectivity index (χ2v) is 9.66. The molecule has 2 aromatic rings. The molecule has 10 heteroatoms. The van der Waals surface area contributed by atoms with Crippen LogP contribution in [0.5, 0.6) is 0 Å². The van der Waals surface area contributed by atoms with Gasteiger partial charge in [0, 0.05) is 44.2 Å².